The van der Waals surface area contributed by atoms with E-state index in [4.69, 9.17) is 10.5 Å². The van der Waals surface area contributed by atoms with Crippen LogP contribution in [0.3, 0.4) is 0 Å². The molecule has 0 aromatic heterocycles. The second kappa shape index (κ2) is 6.02. The van der Waals surface area contributed by atoms with Crippen molar-refractivity contribution in [3.05, 3.63) is 35.4 Å². The summed E-state index contributed by atoms with van der Waals surface area (Å²) in [5.74, 6) is 0.935. The lowest BCUT2D eigenvalue weighted by molar-refractivity contribution is 0.0945. The Balaban J connectivity index is 1.71. The van der Waals surface area contributed by atoms with E-state index in [0.29, 0.717) is 13.2 Å². The molecule has 1 aliphatic rings. The van der Waals surface area contributed by atoms with Crippen LogP contribution in [0.5, 0.6) is 0 Å². The lowest BCUT2D eigenvalue weighted by Crippen LogP contribution is -2.13. The molecule has 88 valence electrons. The van der Waals surface area contributed by atoms with Crippen LogP contribution in [-0.2, 0) is 17.9 Å². The third-order valence-corrected chi connectivity index (χ3v) is 3.49. The number of hydrogen-bond acceptors (Lipinski definition) is 2. The maximum absolute atomic E-state index is 5.71. The van der Waals surface area contributed by atoms with Crippen LogP contribution in [0.15, 0.2) is 24.3 Å². The Hall–Kier alpha value is -0.860. The van der Waals surface area contributed by atoms with Gasteiger partial charge < -0.3 is 10.5 Å². The third-order valence-electron chi connectivity index (χ3n) is 3.49. The van der Waals surface area contributed by atoms with Gasteiger partial charge >= 0.3 is 0 Å². The maximum atomic E-state index is 5.71. The second-order valence-electron chi connectivity index (χ2n) is 4.61. The highest BCUT2D eigenvalue weighted by Crippen LogP contribution is 2.29. The molecule has 1 aliphatic carbocycles. The van der Waals surface area contributed by atoms with Gasteiger partial charge in [0.1, 0.15) is 0 Å². The monoisotopic (exact) mass is 219 g/mol. The van der Waals surface area contributed by atoms with Crippen molar-refractivity contribution < 1.29 is 4.74 Å². The van der Waals surface area contributed by atoms with E-state index in [0.717, 1.165) is 12.5 Å². The Morgan fingerprint density at radius 3 is 2.56 bits per heavy atom. The van der Waals surface area contributed by atoms with Crippen molar-refractivity contribution in [2.75, 3.05) is 6.61 Å². The summed E-state index contributed by atoms with van der Waals surface area (Å²) >= 11 is 0. The van der Waals surface area contributed by atoms with Gasteiger partial charge in [-0.25, -0.2) is 0 Å². The van der Waals surface area contributed by atoms with Crippen LogP contribution in [0.25, 0.3) is 0 Å². The van der Waals surface area contributed by atoms with Crippen LogP contribution < -0.4 is 5.73 Å². The first-order chi connectivity index (χ1) is 7.90. The SMILES string of the molecule is NCc1ccccc1COCCC1CCC1. The summed E-state index contributed by atoms with van der Waals surface area (Å²) in [5.41, 5.74) is 8.11. The predicted molar refractivity (Wildman–Crippen MR) is 65.9 cm³/mol. The van der Waals surface area contributed by atoms with Gasteiger partial charge in [-0.3, -0.25) is 0 Å². The van der Waals surface area contributed by atoms with Crippen molar-refractivity contribution in [1.29, 1.82) is 0 Å². The first-order valence-corrected chi connectivity index (χ1v) is 6.24. The number of rotatable bonds is 6. The normalized spacial score (nSPS) is 16.1. The molecule has 0 bridgehead atoms. The van der Waals surface area contributed by atoms with Gasteiger partial charge in [-0.1, -0.05) is 43.5 Å². The van der Waals surface area contributed by atoms with Crippen LogP contribution in [0.1, 0.15) is 36.8 Å². The lowest BCUT2D eigenvalue weighted by Gasteiger charge is -2.24. The highest BCUT2D eigenvalue weighted by atomic mass is 16.5. The predicted octanol–water partition coefficient (Wildman–Crippen LogP) is 2.85. The fourth-order valence-electron chi connectivity index (χ4n) is 2.11. The Bertz CT molecular complexity index is 320. The average Bonchev–Trinajstić information content (AvgIpc) is 2.27. The summed E-state index contributed by atoms with van der Waals surface area (Å²) in [4.78, 5) is 0. The number of benzene rings is 1. The molecule has 2 heteroatoms. The van der Waals surface area contributed by atoms with Gasteiger partial charge in [0, 0.05) is 13.2 Å². The Labute approximate surface area is 97.8 Å². The first-order valence-electron chi connectivity index (χ1n) is 6.24. The van der Waals surface area contributed by atoms with E-state index in [1.807, 2.05) is 12.1 Å². The topological polar surface area (TPSA) is 35.2 Å². The van der Waals surface area contributed by atoms with Crippen molar-refractivity contribution in [3.63, 3.8) is 0 Å². The number of ether oxygens (including phenoxy) is 1. The molecule has 1 aromatic rings. The zero-order valence-corrected chi connectivity index (χ0v) is 9.82. The summed E-state index contributed by atoms with van der Waals surface area (Å²) < 4.78 is 5.71. The van der Waals surface area contributed by atoms with Gasteiger partial charge in [0.05, 0.1) is 6.61 Å². The molecule has 0 radical (unpaired) electrons. The lowest BCUT2D eigenvalue weighted by atomic mass is 9.83. The molecule has 0 aliphatic heterocycles. The van der Waals surface area contributed by atoms with Crippen LogP contribution in [0.4, 0.5) is 0 Å². The molecule has 1 saturated carbocycles. The van der Waals surface area contributed by atoms with Crippen molar-refractivity contribution in [3.8, 4) is 0 Å². The standard InChI is InChI=1S/C14H21NO/c15-10-13-6-1-2-7-14(13)11-16-9-8-12-4-3-5-12/h1-2,6-7,12H,3-5,8-11,15H2. The van der Waals surface area contributed by atoms with Gasteiger partial charge in [-0.2, -0.15) is 0 Å². The smallest absolute Gasteiger partial charge is 0.0720 e. The summed E-state index contributed by atoms with van der Waals surface area (Å²) in [6, 6.07) is 8.25. The van der Waals surface area contributed by atoms with Crippen molar-refractivity contribution >= 4 is 0 Å². The van der Waals surface area contributed by atoms with E-state index in [9.17, 15) is 0 Å². The van der Waals surface area contributed by atoms with Gasteiger partial charge in [-0.05, 0) is 23.5 Å². The molecule has 16 heavy (non-hydrogen) atoms. The highest BCUT2D eigenvalue weighted by Gasteiger charge is 2.16. The van der Waals surface area contributed by atoms with E-state index < -0.39 is 0 Å². The maximum Gasteiger partial charge on any atom is 0.0720 e. The second-order valence-corrected chi connectivity index (χ2v) is 4.61. The molecule has 2 N–H and O–H groups in total. The van der Waals surface area contributed by atoms with Crippen molar-refractivity contribution in [2.24, 2.45) is 11.7 Å². The Morgan fingerprint density at radius 1 is 1.19 bits per heavy atom. The van der Waals surface area contributed by atoms with Crippen molar-refractivity contribution in [2.45, 2.75) is 38.8 Å². The minimum absolute atomic E-state index is 0.599. The highest BCUT2D eigenvalue weighted by molar-refractivity contribution is 5.26. The number of hydrogen-bond donors (Lipinski definition) is 1. The van der Waals surface area contributed by atoms with Crippen molar-refractivity contribution in [1.82, 2.24) is 0 Å². The van der Waals surface area contributed by atoms with E-state index in [2.05, 4.69) is 12.1 Å². The molecular formula is C14H21NO. The van der Waals surface area contributed by atoms with Gasteiger partial charge in [0.2, 0.25) is 0 Å². The van der Waals surface area contributed by atoms with Gasteiger partial charge in [0.15, 0.2) is 0 Å². The molecule has 0 spiro atoms. The zero-order chi connectivity index (χ0) is 11.2. The fraction of sp³-hybridized carbons (Fsp3) is 0.571. The largest absolute Gasteiger partial charge is 0.377 e. The molecule has 0 heterocycles. The molecule has 0 amide bonds. The summed E-state index contributed by atoms with van der Waals surface area (Å²) in [6.45, 7) is 2.20. The number of nitrogens with two attached hydrogens (primary N) is 1. The Kier molecular flexibility index (Phi) is 4.37. The Morgan fingerprint density at radius 2 is 1.94 bits per heavy atom. The zero-order valence-electron chi connectivity index (χ0n) is 9.82. The minimum Gasteiger partial charge on any atom is -0.377 e. The molecule has 2 nitrogen and oxygen atoms in total. The fourth-order valence-corrected chi connectivity index (χ4v) is 2.11. The van der Waals surface area contributed by atoms with E-state index in [1.54, 1.807) is 0 Å². The van der Waals surface area contributed by atoms with Gasteiger partial charge in [0.25, 0.3) is 0 Å². The quantitative estimate of drug-likeness (QED) is 0.747. The van der Waals surface area contributed by atoms with Crippen LogP contribution in [0, 0.1) is 5.92 Å². The minimum atomic E-state index is 0.599. The molecule has 0 saturated heterocycles. The molecule has 1 fully saturated rings. The summed E-state index contributed by atoms with van der Waals surface area (Å²) in [7, 11) is 0. The van der Waals surface area contributed by atoms with Gasteiger partial charge in [-0.15, -0.1) is 0 Å². The van der Waals surface area contributed by atoms with Crippen LogP contribution >= 0.6 is 0 Å². The average molecular weight is 219 g/mol. The molecular weight excluding hydrogens is 198 g/mol. The third kappa shape index (κ3) is 3.06. The van der Waals surface area contributed by atoms with E-state index in [-0.39, 0.29) is 0 Å². The molecule has 1 aromatic carbocycles. The first kappa shape index (κ1) is 11.6. The van der Waals surface area contributed by atoms with E-state index >= 15 is 0 Å². The molecule has 2 rings (SSSR count). The van der Waals surface area contributed by atoms with E-state index in [1.165, 1.54) is 36.8 Å². The summed E-state index contributed by atoms with van der Waals surface area (Å²) in [6.07, 6.45) is 5.46. The summed E-state index contributed by atoms with van der Waals surface area (Å²) in [5, 5.41) is 0. The molecule has 0 unspecified atom stereocenters. The van der Waals surface area contributed by atoms with Crippen LogP contribution in [0.2, 0.25) is 0 Å². The van der Waals surface area contributed by atoms with Crippen LogP contribution in [-0.4, -0.2) is 6.61 Å². The molecule has 0 atom stereocenters.